The average molecular weight is 429 g/mol. The number of aryl methyl sites for hydroxylation is 1. The monoisotopic (exact) mass is 428 g/mol. The summed E-state index contributed by atoms with van der Waals surface area (Å²) in [5, 5.41) is 1.14. The lowest BCUT2D eigenvalue weighted by Gasteiger charge is -2.46. The normalized spacial score (nSPS) is 21.6. The molecule has 3 aliphatic rings. The predicted octanol–water partition coefficient (Wildman–Crippen LogP) is 8.42. The van der Waals surface area contributed by atoms with Crippen molar-refractivity contribution in [3.63, 3.8) is 0 Å². The van der Waals surface area contributed by atoms with E-state index in [0.717, 1.165) is 0 Å². The van der Waals surface area contributed by atoms with Crippen molar-refractivity contribution < 1.29 is 0 Å². The van der Waals surface area contributed by atoms with Crippen molar-refractivity contribution in [2.75, 3.05) is 12.5 Å². The van der Waals surface area contributed by atoms with Gasteiger partial charge in [-0.2, -0.15) is 0 Å². The summed E-state index contributed by atoms with van der Waals surface area (Å²) in [5.41, 5.74) is 17.1. The van der Waals surface area contributed by atoms with Crippen LogP contribution in [0.3, 0.4) is 0 Å². The number of hydrogen-bond acceptors (Lipinski definition) is 0. The molecule has 0 aromatic heterocycles. The van der Waals surface area contributed by atoms with Crippen molar-refractivity contribution >= 4 is 16.1 Å². The quantitative estimate of drug-likeness (QED) is 0.460. The van der Waals surface area contributed by atoms with E-state index in [4.69, 9.17) is 0 Å². The molecular weight excluding hydrogens is 392 g/mol. The molecule has 0 saturated carbocycles. The molecule has 2 aromatic rings. The van der Waals surface area contributed by atoms with Gasteiger partial charge in [0.15, 0.2) is 0 Å². The maximum absolute atomic E-state index is 2.61. The Hall–Kier alpha value is -1.99. The fourth-order valence-electron chi connectivity index (χ4n) is 6.80. The first-order valence-electron chi connectivity index (χ1n) is 11.7. The fourth-order valence-corrected chi connectivity index (χ4v) is 11.1. The summed E-state index contributed by atoms with van der Waals surface area (Å²) in [6.07, 6.45) is 11.5. The minimum Gasteiger partial charge on any atom is -0.226 e. The lowest BCUT2D eigenvalue weighted by atomic mass is 9.89. The second-order valence-electron chi connectivity index (χ2n) is 10.4. The number of benzene rings is 2. The molecule has 0 N–H and O–H groups in total. The van der Waals surface area contributed by atoms with E-state index in [9.17, 15) is 0 Å². The molecule has 0 nitrogen and oxygen atoms in total. The minimum atomic E-state index is -0.966. The molecule has 0 amide bonds. The van der Waals surface area contributed by atoms with Crippen molar-refractivity contribution in [2.24, 2.45) is 0 Å². The van der Waals surface area contributed by atoms with Gasteiger partial charge in [0, 0.05) is 10.5 Å². The van der Waals surface area contributed by atoms with E-state index >= 15 is 0 Å². The first-order chi connectivity index (χ1) is 14.7. The van der Waals surface area contributed by atoms with E-state index in [0.29, 0.717) is 10.5 Å². The third-order valence-corrected chi connectivity index (χ3v) is 12.1. The van der Waals surface area contributed by atoms with Gasteiger partial charge in [-0.1, -0.05) is 59.2 Å². The maximum Gasteiger partial charge on any atom is 0.0361 e. The van der Waals surface area contributed by atoms with Crippen LogP contribution in [0.1, 0.15) is 68.5 Å². The van der Waals surface area contributed by atoms with E-state index in [2.05, 4.69) is 89.6 Å². The molecule has 0 heterocycles. The van der Waals surface area contributed by atoms with Gasteiger partial charge < -0.3 is 0 Å². The van der Waals surface area contributed by atoms with E-state index in [1.165, 1.54) is 47.1 Å². The Bertz CT molecular complexity index is 1150. The van der Waals surface area contributed by atoms with Crippen LogP contribution in [0.25, 0.3) is 17.2 Å². The predicted molar refractivity (Wildman–Crippen MR) is 140 cm³/mol. The van der Waals surface area contributed by atoms with E-state index in [1.807, 2.05) is 0 Å². The molecule has 3 aliphatic carbocycles. The highest BCUT2D eigenvalue weighted by atomic mass is 32.3. The zero-order chi connectivity index (χ0) is 22.1. The van der Waals surface area contributed by atoms with Crippen LogP contribution in [0.2, 0.25) is 0 Å². The summed E-state index contributed by atoms with van der Waals surface area (Å²) in [6, 6.07) is 13.8. The largest absolute Gasteiger partial charge is 0.226 e. The lowest BCUT2D eigenvalue weighted by Crippen LogP contribution is -2.23. The Morgan fingerprint density at radius 2 is 1.45 bits per heavy atom. The van der Waals surface area contributed by atoms with Crippen LogP contribution in [-0.2, 0) is 12.8 Å². The van der Waals surface area contributed by atoms with Crippen molar-refractivity contribution in [1.82, 2.24) is 0 Å². The second kappa shape index (κ2) is 7.27. The van der Waals surface area contributed by atoms with Gasteiger partial charge >= 0.3 is 0 Å². The first kappa shape index (κ1) is 20.9. The van der Waals surface area contributed by atoms with Gasteiger partial charge in [-0.3, -0.25) is 0 Å². The zero-order valence-electron chi connectivity index (χ0n) is 20.2. The van der Waals surface area contributed by atoms with E-state index in [1.54, 1.807) is 33.4 Å². The van der Waals surface area contributed by atoms with Crippen LogP contribution in [0, 0.1) is 0 Å². The highest BCUT2D eigenvalue weighted by Crippen LogP contribution is 2.69. The topological polar surface area (TPSA) is 0 Å². The molecule has 2 aromatic carbocycles. The summed E-state index contributed by atoms with van der Waals surface area (Å²) >= 11 is 0. The molecule has 5 rings (SSSR count). The van der Waals surface area contributed by atoms with Gasteiger partial charge in [-0.15, -0.1) is 0 Å². The van der Waals surface area contributed by atoms with Gasteiger partial charge in [-0.25, -0.2) is 10.0 Å². The number of rotatable bonds is 3. The van der Waals surface area contributed by atoms with Crippen molar-refractivity contribution in [1.29, 1.82) is 0 Å². The highest BCUT2D eigenvalue weighted by molar-refractivity contribution is 8.33. The Morgan fingerprint density at radius 1 is 0.806 bits per heavy atom. The standard InChI is InChI=1S/C30H36S/c1-18-16-26-27(29(18)31(6,7)30-21(4)19(2)20(3)22(30)5)17-24-14-11-15-25(24)28(26)23-12-9-8-10-13-23/h8-10,12-13,16-17,29-30H,11,14-15H2,1-7H3. The van der Waals surface area contributed by atoms with E-state index in [-0.39, 0.29) is 0 Å². The Labute approximate surface area is 190 Å². The molecule has 162 valence electrons. The third-order valence-electron chi connectivity index (χ3n) is 8.35. The van der Waals surface area contributed by atoms with Crippen LogP contribution >= 0.6 is 10.0 Å². The molecule has 31 heavy (non-hydrogen) atoms. The third kappa shape index (κ3) is 2.96. The zero-order valence-corrected chi connectivity index (χ0v) is 21.0. The van der Waals surface area contributed by atoms with E-state index < -0.39 is 10.0 Å². The molecule has 0 bridgehead atoms. The summed E-state index contributed by atoms with van der Waals surface area (Å²) in [7, 11) is -0.966. The van der Waals surface area contributed by atoms with Crippen molar-refractivity contribution in [3.8, 4) is 11.1 Å². The van der Waals surface area contributed by atoms with Gasteiger partial charge in [0.1, 0.15) is 0 Å². The Morgan fingerprint density at radius 3 is 2.10 bits per heavy atom. The van der Waals surface area contributed by atoms with Crippen LogP contribution in [0.5, 0.6) is 0 Å². The SMILES string of the molecule is CC1=Cc2c(cc3c(c2-c2ccccc2)CCC3)C1S(C)(C)C1C(C)=C(C)C(C)=C1C. The molecule has 0 radical (unpaired) electrons. The molecule has 1 unspecified atom stereocenters. The molecule has 1 atom stereocenters. The average Bonchev–Trinajstić information content (AvgIpc) is 3.38. The Kier molecular flexibility index (Phi) is 4.90. The van der Waals surface area contributed by atoms with Crippen LogP contribution in [0.4, 0.5) is 0 Å². The van der Waals surface area contributed by atoms with Crippen LogP contribution < -0.4 is 0 Å². The smallest absolute Gasteiger partial charge is 0.0361 e. The van der Waals surface area contributed by atoms with Crippen molar-refractivity contribution in [3.05, 3.63) is 86.5 Å². The van der Waals surface area contributed by atoms with Crippen LogP contribution in [0.15, 0.2) is 64.3 Å². The summed E-state index contributed by atoms with van der Waals surface area (Å²) in [4.78, 5) is 0. The maximum atomic E-state index is 2.61. The lowest BCUT2D eigenvalue weighted by molar-refractivity contribution is 0.911. The first-order valence-corrected chi connectivity index (χ1v) is 14.3. The molecule has 0 spiro atoms. The van der Waals surface area contributed by atoms with Crippen molar-refractivity contribution in [2.45, 2.75) is 64.4 Å². The molecular formula is C30H36S. The molecule has 1 heteroatoms. The number of allylic oxidation sites excluding steroid dienone is 2. The van der Waals surface area contributed by atoms with Gasteiger partial charge in [0.25, 0.3) is 0 Å². The summed E-state index contributed by atoms with van der Waals surface area (Å²) < 4.78 is 0. The Balaban J connectivity index is 1.71. The second-order valence-corrected chi connectivity index (χ2v) is 14.3. The molecule has 0 fully saturated rings. The van der Waals surface area contributed by atoms with Gasteiger partial charge in [0.05, 0.1) is 0 Å². The molecule has 0 aliphatic heterocycles. The number of fused-ring (bicyclic) bond motifs is 2. The van der Waals surface area contributed by atoms with Gasteiger partial charge in [-0.05, 0) is 111 Å². The van der Waals surface area contributed by atoms with Gasteiger partial charge in [0.2, 0.25) is 0 Å². The van der Waals surface area contributed by atoms with Crippen LogP contribution in [-0.4, -0.2) is 17.8 Å². The minimum absolute atomic E-state index is 0.546. The fraction of sp³-hybridized carbons (Fsp3) is 0.400. The summed E-state index contributed by atoms with van der Waals surface area (Å²) in [6.45, 7) is 11.8. The summed E-state index contributed by atoms with van der Waals surface area (Å²) in [5.74, 6) is 0. The molecule has 0 saturated heterocycles. The highest BCUT2D eigenvalue weighted by Gasteiger charge is 2.43. The number of hydrogen-bond donors (Lipinski definition) is 0.